The summed E-state index contributed by atoms with van der Waals surface area (Å²) in [6, 6.07) is 1.60. The summed E-state index contributed by atoms with van der Waals surface area (Å²) in [7, 11) is 0. The van der Waals surface area contributed by atoms with E-state index in [-0.39, 0.29) is 43.3 Å². The van der Waals surface area contributed by atoms with E-state index in [1.165, 1.54) is 17.4 Å². The number of nitrogens with zero attached hydrogens (tertiary/aromatic N) is 3. The van der Waals surface area contributed by atoms with Gasteiger partial charge in [-0.15, -0.1) is 11.3 Å². The molecule has 3 amide bonds. The lowest BCUT2D eigenvalue weighted by molar-refractivity contribution is -0.138. The molecule has 4 rings (SSSR count). The van der Waals surface area contributed by atoms with Crippen molar-refractivity contribution in [1.29, 1.82) is 0 Å². The average Bonchev–Trinajstić information content (AvgIpc) is 3.64. The van der Waals surface area contributed by atoms with Gasteiger partial charge in [0.2, 0.25) is 17.6 Å². The molecular formula is C29H39F2N5O6S. The normalized spacial score (nSPS) is 18.0. The number of hydrogen-bond acceptors (Lipinski definition) is 9. The van der Waals surface area contributed by atoms with Gasteiger partial charge in [0.25, 0.3) is 5.91 Å². The van der Waals surface area contributed by atoms with Crippen LogP contribution >= 0.6 is 11.3 Å². The Morgan fingerprint density at radius 1 is 1.19 bits per heavy atom. The first-order valence-electron chi connectivity index (χ1n) is 14.4. The number of benzene rings is 1. The number of hydrogen-bond donors (Lipinski definition) is 3. The first-order valence-corrected chi connectivity index (χ1v) is 15.2. The van der Waals surface area contributed by atoms with Crippen LogP contribution in [0.3, 0.4) is 0 Å². The number of carbonyl (C=O) groups excluding carboxylic acids is 3. The zero-order valence-corrected chi connectivity index (χ0v) is 25.5. The minimum Gasteiger partial charge on any atom is -0.480 e. The molecule has 1 aromatic carbocycles. The number of aromatic nitrogens is 1. The lowest BCUT2D eigenvalue weighted by Gasteiger charge is -2.33. The van der Waals surface area contributed by atoms with Crippen LogP contribution in [-0.4, -0.2) is 97.4 Å². The van der Waals surface area contributed by atoms with Gasteiger partial charge in [-0.2, -0.15) is 4.39 Å². The third-order valence-electron chi connectivity index (χ3n) is 7.24. The molecule has 2 atom stereocenters. The Balaban J connectivity index is 1.26. The van der Waals surface area contributed by atoms with Gasteiger partial charge in [-0.1, -0.05) is 20.8 Å². The number of amides is 3. The highest BCUT2D eigenvalue weighted by molar-refractivity contribution is 7.14. The fourth-order valence-corrected chi connectivity index (χ4v) is 5.71. The molecule has 2 fully saturated rings. The number of rotatable bonds is 11. The molecule has 236 valence electrons. The molecule has 0 bridgehead atoms. The highest BCUT2D eigenvalue weighted by Gasteiger charge is 2.37. The molecule has 2 saturated heterocycles. The van der Waals surface area contributed by atoms with Crippen molar-refractivity contribution in [3.8, 4) is 17.0 Å². The number of ether oxygens (including phenoxy) is 2. The Morgan fingerprint density at radius 2 is 1.93 bits per heavy atom. The summed E-state index contributed by atoms with van der Waals surface area (Å²) < 4.78 is 39.6. The third kappa shape index (κ3) is 8.61. The van der Waals surface area contributed by atoms with E-state index in [1.54, 1.807) is 10.3 Å². The Kier molecular flexibility index (Phi) is 10.9. The zero-order chi connectivity index (χ0) is 31.1. The van der Waals surface area contributed by atoms with E-state index < -0.39 is 47.5 Å². The minimum absolute atomic E-state index is 0.0571. The van der Waals surface area contributed by atoms with Gasteiger partial charge < -0.3 is 35.0 Å². The highest BCUT2D eigenvalue weighted by atomic mass is 32.1. The highest BCUT2D eigenvalue weighted by Crippen LogP contribution is 2.36. The molecule has 1 aromatic heterocycles. The van der Waals surface area contributed by atoms with E-state index in [4.69, 9.17) is 9.47 Å². The Bertz CT molecular complexity index is 1300. The molecule has 0 radical (unpaired) electrons. The second-order valence-electron chi connectivity index (χ2n) is 11.7. The van der Waals surface area contributed by atoms with Gasteiger partial charge in [-0.25, -0.2) is 9.37 Å². The van der Waals surface area contributed by atoms with Crippen molar-refractivity contribution in [1.82, 2.24) is 20.5 Å². The minimum atomic E-state index is -1.21. The maximum atomic E-state index is 14.8. The van der Waals surface area contributed by atoms with Crippen molar-refractivity contribution in [3.05, 3.63) is 29.1 Å². The molecule has 0 saturated carbocycles. The van der Waals surface area contributed by atoms with Crippen LogP contribution in [0.1, 0.15) is 40.0 Å². The number of anilines is 1. The number of β-amino-alcohol motifs (C(OH)–C–C–N with tert-alkyl or cyclic N) is 1. The molecule has 0 unspecified atom stereocenters. The number of morpholine rings is 1. The van der Waals surface area contributed by atoms with Crippen LogP contribution in [0.4, 0.5) is 13.9 Å². The third-order valence-corrected chi connectivity index (χ3v) is 8.14. The van der Waals surface area contributed by atoms with Crippen LogP contribution in [-0.2, 0) is 19.1 Å². The fourth-order valence-electron chi connectivity index (χ4n) is 4.83. The number of halogens is 2. The second-order valence-corrected chi connectivity index (χ2v) is 12.5. The zero-order valence-electron chi connectivity index (χ0n) is 24.7. The van der Waals surface area contributed by atoms with Gasteiger partial charge in [-0.3, -0.25) is 14.4 Å². The molecule has 2 aliphatic rings. The summed E-state index contributed by atoms with van der Waals surface area (Å²) in [6.45, 7) is 8.33. The van der Waals surface area contributed by atoms with Crippen LogP contribution < -0.4 is 20.3 Å². The van der Waals surface area contributed by atoms with Crippen molar-refractivity contribution in [2.75, 3.05) is 57.4 Å². The van der Waals surface area contributed by atoms with Crippen LogP contribution in [0.25, 0.3) is 11.3 Å². The quantitative estimate of drug-likeness (QED) is 0.325. The van der Waals surface area contributed by atoms with Gasteiger partial charge in [0.15, 0.2) is 23.3 Å². The van der Waals surface area contributed by atoms with Gasteiger partial charge in [0.05, 0.1) is 25.0 Å². The summed E-state index contributed by atoms with van der Waals surface area (Å²) in [5.74, 6) is -3.88. The number of aliphatic hydroxyl groups excluding tert-OH is 1. The van der Waals surface area contributed by atoms with Crippen LogP contribution in [0.5, 0.6) is 5.75 Å². The Morgan fingerprint density at radius 3 is 2.60 bits per heavy atom. The van der Waals surface area contributed by atoms with Crippen molar-refractivity contribution in [2.45, 2.75) is 52.2 Å². The smallest absolute Gasteiger partial charge is 0.257 e. The molecule has 0 spiro atoms. The van der Waals surface area contributed by atoms with Crippen molar-refractivity contribution < 1.29 is 37.7 Å². The van der Waals surface area contributed by atoms with Gasteiger partial charge in [-0.05, 0) is 30.4 Å². The van der Waals surface area contributed by atoms with Crippen LogP contribution in [0, 0.1) is 17.0 Å². The summed E-state index contributed by atoms with van der Waals surface area (Å²) >= 11 is 1.37. The molecule has 2 aliphatic heterocycles. The molecule has 0 aliphatic carbocycles. The number of carbonyl (C=O) groups is 3. The standard InChI is InChI=1S/C29H39F2N5O6S/c1-29(2,3)26(27(40)36-10-8-18(37)15-36)34-22(38)5-4-9-32-23(39)16-42-25-19(6-7-20(30)24(25)31)21-17-43-28(33-21)35-11-13-41-14-12-35/h6-7,17-18,26,37H,4-5,8-16H2,1-3H3,(H,32,39)(H,34,38)/t18-,26-/m1/s1. The topological polar surface area (TPSA) is 133 Å². The summed E-state index contributed by atoms with van der Waals surface area (Å²) in [5, 5.41) is 17.6. The Hall–Kier alpha value is -3.36. The van der Waals surface area contributed by atoms with Gasteiger partial charge in [0, 0.05) is 50.1 Å². The predicted octanol–water partition coefficient (Wildman–Crippen LogP) is 2.32. The first-order chi connectivity index (χ1) is 20.4. The number of likely N-dealkylation sites (tertiary alicyclic amines) is 1. The molecule has 2 aromatic rings. The van der Waals surface area contributed by atoms with E-state index >= 15 is 0 Å². The van der Waals surface area contributed by atoms with Crippen molar-refractivity contribution in [2.24, 2.45) is 5.41 Å². The molecule has 14 heteroatoms. The maximum Gasteiger partial charge on any atom is 0.257 e. The second kappa shape index (κ2) is 14.4. The summed E-state index contributed by atoms with van der Waals surface area (Å²) in [4.78, 5) is 46.2. The molecule has 43 heavy (non-hydrogen) atoms. The average molecular weight is 624 g/mol. The monoisotopic (exact) mass is 623 g/mol. The van der Waals surface area contributed by atoms with E-state index in [0.717, 1.165) is 11.2 Å². The molecular weight excluding hydrogens is 584 g/mol. The van der Waals surface area contributed by atoms with Crippen LogP contribution in [0.2, 0.25) is 0 Å². The Labute approximate surface area is 253 Å². The van der Waals surface area contributed by atoms with Crippen molar-refractivity contribution in [3.63, 3.8) is 0 Å². The lowest BCUT2D eigenvalue weighted by atomic mass is 9.85. The van der Waals surface area contributed by atoms with E-state index in [1.807, 2.05) is 25.7 Å². The molecule has 11 nitrogen and oxygen atoms in total. The summed E-state index contributed by atoms with van der Waals surface area (Å²) in [5.41, 5.74) is 0.0877. The van der Waals surface area contributed by atoms with E-state index in [0.29, 0.717) is 45.0 Å². The molecule has 3 heterocycles. The number of thiazole rings is 1. The predicted molar refractivity (Wildman–Crippen MR) is 157 cm³/mol. The largest absolute Gasteiger partial charge is 0.480 e. The van der Waals surface area contributed by atoms with Crippen molar-refractivity contribution >= 4 is 34.2 Å². The molecule has 3 N–H and O–H groups in total. The SMILES string of the molecule is CC(C)(C)[C@H](NC(=O)CCCNC(=O)COc1c(-c2csc(N3CCOCC3)n2)ccc(F)c1F)C(=O)N1CC[C@@H](O)C1. The van der Waals surface area contributed by atoms with Crippen LogP contribution in [0.15, 0.2) is 17.5 Å². The maximum absolute atomic E-state index is 14.8. The lowest BCUT2D eigenvalue weighted by Crippen LogP contribution is -2.54. The first kappa shape index (κ1) is 32.6. The number of nitrogens with one attached hydrogen (secondary N) is 2. The number of aliphatic hydroxyl groups is 1. The van der Waals surface area contributed by atoms with E-state index in [9.17, 15) is 28.3 Å². The van der Waals surface area contributed by atoms with Gasteiger partial charge >= 0.3 is 0 Å². The van der Waals surface area contributed by atoms with Gasteiger partial charge in [0.1, 0.15) is 6.04 Å². The summed E-state index contributed by atoms with van der Waals surface area (Å²) in [6.07, 6.45) is 0.292. The fraction of sp³-hybridized carbons (Fsp3) is 0.586. The van der Waals surface area contributed by atoms with E-state index in [2.05, 4.69) is 15.6 Å².